The van der Waals surface area contributed by atoms with Crippen molar-refractivity contribution in [1.82, 2.24) is 5.32 Å². The zero-order chi connectivity index (χ0) is 9.64. The molecule has 80 valence electrons. The van der Waals surface area contributed by atoms with Crippen molar-refractivity contribution in [3.63, 3.8) is 0 Å². The zero-order valence-electron chi connectivity index (χ0n) is 8.87. The molecule has 1 saturated heterocycles. The van der Waals surface area contributed by atoms with E-state index in [1.165, 1.54) is 38.6 Å². The molecule has 1 aliphatic carbocycles. The molecule has 1 heterocycles. The average molecular weight is 195 g/mol. The van der Waals surface area contributed by atoms with Gasteiger partial charge in [0.05, 0.1) is 0 Å². The lowest BCUT2D eigenvalue weighted by atomic mass is 9.98. The van der Waals surface area contributed by atoms with Crippen molar-refractivity contribution >= 4 is 0 Å². The van der Waals surface area contributed by atoms with Crippen LogP contribution in [-0.2, 0) is 4.74 Å². The van der Waals surface area contributed by atoms with Gasteiger partial charge < -0.3 is 10.1 Å². The molecule has 0 aromatic heterocycles. The minimum absolute atomic E-state index is 0.645. The van der Waals surface area contributed by atoms with Gasteiger partial charge in [-0.15, -0.1) is 0 Å². The van der Waals surface area contributed by atoms with Crippen LogP contribution in [0.3, 0.4) is 0 Å². The molecule has 0 saturated carbocycles. The molecule has 2 rings (SSSR count). The maximum Gasteiger partial charge on any atom is 0.0469 e. The van der Waals surface area contributed by atoms with E-state index in [2.05, 4.69) is 17.5 Å². The summed E-state index contributed by atoms with van der Waals surface area (Å²) in [5.41, 5.74) is 0. The van der Waals surface area contributed by atoms with Gasteiger partial charge in [0.2, 0.25) is 0 Å². The van der Waals surface area contributed by atoms with Crippen LogP contribution in [0.2, 0.25) is 0 Å². The minimum Gasteiger partial charge on any atom is -0.381 e. The largest absolute Gasteiger partial charge is 0.381 e. The molecule has 0 amide bonds. The summed E-state index contributed by atoms with van der Waals surface area (Å²) >= 11 is 0. The normalized spacial score (nSPS) is 29.3. The highest BCUT2D eigenvalue weighted by molar-refractivity contribution is 4.97. The number of ether oxygens (including phenoxy) is 1. The molecule has 2 nitrogen and oxygen atoms in total. The first-order valence-electron chi connectivity index (χ1n) is 5.93. The first-order chi connectivity index (χ1) is 6.95. The lowest BCUT2D eigenvalue weighted by Gasteiger charge is -2.25. The Morgan fingerprint density at radius 1 is 1.21 bits per heavy atom. The van der Waals surface area contributed by atoms with Gasteiger partial charge in [0.15, 0.2) is 0 Å². The number of nitrogens with one attached hydrogen (secondary N) is 1. The Balaban J connectivity index is 1.65. The van der Waals surface area contributed by atoms with Crippen LogP contribution in [0, 0.1) is 5.92 Å². The predicted molar refractivity (Wildman–Crippen MR) is 58.3 cm³/mol. The van der Waals surface area contributed by atoms with Gasteiger partial charge in [-0.2, -0.15) is 0 Å². The Bertz CT molecular complexity index is 185. The SMILES string of the molecule is C1=CC(NCC2CCOCC2)CCC1. The van der Waals surface area contributed by atoms with Gasteiger partial charge in [-0.05, 0) is 44.6 Å². The van der Waals surface area contributed by atoms with Crippen LogP contribution < -0.4 is 5.32 Å². The van der Waals surface area contributed by atoms with Crippen LogP contribution in [0.4, 0.5) is 0 Å². The van der Waals surface area contributed by atoms with Gasteiger partial charge in [0.25, 0.3) is 0 Å². The van der Waals surface area contributed by atoms with E-state index in [4.69, 9.17) is 4.74 Å². The standard InChI is InChI=1S/C12H21NO/c1-2-4-12(5-3-1)13-10-11-6-8-14-9-7-11/h2,4,11-13H,1,3,5-10H2. The molecule has 0 bridgehead atoms. The van der Waals surface area contributed by atoms with Crippen molar-refractivity contribution < 1.29 is 4.74 Å². The molecule has 14 heavy (non-hydrogen) atoms. The molecular weight excluding hydrogens is 174 g/mol. The van der Waals surface area contributed by atoms with E-state index in [9.17, 15) is 0 Å². The van der Waals surface area contributed by atoms with E-state index < -0.39 is 0 Å². The number of hydrogen-bond acceptors (Lipinski definition) is 2. The quantitative estimate of drug-likeness (QED) is 0.696. The van der Waals surface area contributed by atoms with Crippen LogP contribution in [0.5, 0.6) is 0 Å². The fourth-order valence-electron chi connectivity index (χ4n) is 2.25. The Hall–Kier alpha value is -0.340. The maximum absolute atomic E-state index is 5.35. The van der Waals surface area contributed by atoms with Gasteiger partial charge >= 0.3 is 0 Å². The molecule has 1 fully saturated rings. The first kappa shape index (κ1) is 10.2. The summed E-state index contributed by atoms with van der Waals surface area (Å²) in [5.74, 6) is 0.846. The van der Waals surface area contributed by atoms with Crippen molar-refractivity contribution in [2.45, 2.75) is 38.1 Å². The lowest BCUT2D eigenvalue weighted by Crippen LogP contribution is -2.34. The third kappa shape index (κ3) is 3.10. The number of rotatable bonds is 3. The van der Waals surface area contributed by atoms with Crippen molar-refractivity contribution in [2.24, 2.45) is 5.92 Å². The van der Waals surface area contributed by atoms with Crippen LogP contribution in [-0.4, -0.2) is 25.8 Å². The summed E-state index contributed by atoms with van der Waals surface area (Å²) in [5, 5.41) is 3.65. The summed E-state index contributed by atoms with van der Waals surface area (Å²) < 4.78 is 5.35. The molecule has 2 aliphatic rings. The summed E-state index contributed by atoms with van der Waals surface area (Å²) in [6.45, 7) is 3.11. The monoisotopic (exact) mass is 195 g/mol. The van der Waals surface area contributed by atoms with E-state index in [0.29, 0.717) is 6.04 Å². The van der Waals surface area contributed by atoms with Gasteiger partial charge in [-0.1, -0.05) is 12.2 Å². The van der Waals surface area contributed by atoms with E-state index in [0.717, 1.165) is 19.1 Å². The van der Waals surface area contributed by atoms with Crippen molar-refractivity contribution in [3.05, 3.63) is 12.2 Å². The molecular formula is C12H21NO. The lowest BCUT2D eigenvalue weighted by molar-refractivity contribution is 0.0657. The third-order valence-electron chi connectivity index (χ3n) is 3.26. The second kappa shape index (κ2) is 5.52. The average Bonchev–Trinajstić information content (AvgIpc) is 2.29. The summed E-state index contributed by atoms with van der Waals surface area (Å²) in [4.78, 5) is 0. The Morgan fingerprint density at radius 3 is 2.79 bits per heavy atom. The summed E-state index contributed by atoms with van der Waals surface area (Å²) in [6, 6.07) is 0.645. The van der Waals surface area contributed by atoms with Crippen molar-refractivity contribution in [2.75, 3.05) is 19.8 Å². The molecule has 0 spiro atoms. The number of hydrogen-bond donors (Lipinski definition) is 1. The molecule has 0 aromatic carbocycles. The second-order valence-electron chi connectivity index (χ2n) is 4.43. The van der Waals surface area contributed by atoms with E-state index in [1.54, 1.807) is 0 Å². The zero-order valence-corrected chi connectivity index (χ0v) is 8.87. The van der Waals surface area contributed by atoms with Gasteiger partial charge in [-0.3, -0.25) is 0 Å². The van der Waals surface area contributed by atoms with Crippen LogP contribution in [0.15, 0.2) is 12.2 Å². The van der Waals surface area contributed by atoms with Gasteiger partial charge in [0.1, 0.15) is 0 Å². The van der Waals surface area contributed by atoms with Gasteiger partial charge in [0, 0.05) is 19.3 Å². The molecule has 1 N–H and O–H groups in total. The second-order valence-corrected chi connectivity index (χ2v) is 4.43. The fourth-order valence-corrected chi connectivity index (χ4v) is 2.25. The van der Waals surface area contributed by atoms with E-state index >= 15 is 0 Å². The highest BCUT2D eigenvalue weighted by Gasteiger charge is 2.15. The fraction of sp³-hybridized carbons (Fsp3) is 0.833. The molecule has 0 radical (unpaired) electrons. The van der Waals surface area contributed by atoms with Crippen molar-refractivity contribution in [1.29, 1.82) is 0 Å². The van der Waals surface area contributed by atoms with Crippen LogP contribution in [0.1, 0.15) is 32.1 Å². The first-order valence-corrected chi connectivity index (χ1v) is 5.93. The number of allylic oxidation sites excluding steroid dienone is 1. The van der Waals surface area contributed by atoms with E-state index in [1.807, 2.05) is 0 Å². The Labute approximate surface area is 86.7 Å². The summed E-state index contributed by atoms with van der Waals surface area (Å²) in [7, 11) is 0. The minimum atomic E-state index is 0.645. The van der Waals surface area contributed by atoms with Crippen molar-refractivity contribution in [3.8, 4) is 0 Å². The maximum atomic E-state index is 5.35. The van der Waals surface area contributed by atoms with Crippen LogP contribution >= 0.6 is 0 Å². The topological polar surface area (TPSA) is 21.3 Å². The smallest absolute Gasteiger partial charge is 0.0469 e. The predicted octanol–water partition coefficient (Wildman–Crippen LogP) is 2.11. The highest BCUT2D eigenvalue weighted by Crippen LogP contribution is 2.15. The molecule has 0 aromatic rings. The highest BCUT2D eigenvalue weighted by atomic mass is 16.5. The van der Waals surface area contributed by atoms with E-state index in [-0.39, 0.29) is 0 Å². The van der Waals surface area contributed by atoms with Gasteiger partial charge in [-0.25, -0.2) is 0 Å². The molecule has 1 atom stereocenters. The Morgan fingerprint density at radius 2 is 2.07 bits per heavy atom. The molecule has 1 aliphatic heterocycles. The Kier molecular flexibility index (Phi) is 4.02. The molecule has 2 heteroatoms. The van der Waals surface area contributed by atoms with Crippen LogP contribution in [0.25, 0.3) is 0 Å². The third-order valence-corrected chi connectivity index (χ3v) is 3.26. The summed E-state index contributed by atoms with van der Waals surface area (Å²) in [6.07, 6.45) is 11.1. The molecule has 1 unspecified atom stereocenters.